The zero-order valence-electron chi connectivity index (χ0n) is 67.1. The summed E-state index contributed by atoms with van der Waals surface area (Å²) >= 11 is 0. The van der Waals surface area contributed by atoms with Crippen LogP contribution in [-0.4, -0.2) is 269 Å². The van der Waals surface area contributed by atoms with Gasteiger partial charge in [0.25, 0.3) is 0 Å². The van der Waals surface area contributed by atoms with Gasteiger partial charge >= 0.3 is 35.8 Å². The van der Waals surface area contributed by atoms with Crippen molar-refractivity contribution in [3.8, 4) is 0 Å². The van der Waals surface area contributed by atoms with Crippen LogP contribution in [0.4, 0.5) is 0 Å². The van der Waals surface area contributed by atoms with Crippen LogP contribution in [0.5, 0.6) is 0 Å². The number of hydrogen-bond acceptors (Lipinski definition) is 25. The summed E-state index contributed by atoms with van der Waals surface area (Å²) in [7, 11) is 0. The number of rotatable bonds is 58. The topological polar surface area (TPSA) is 807 Å². The van der Waals surface area contributed by atoms with E-state index in [1.807, 2.05) is 10.6 Å². The molecule has 0 aliphatic heterocycles. The number of aliphatic hydroxyl groups excluding tert-OH is 1. The number of carbonyl (C=O) groups is 23. The molecule has 0 spiro atoms. The maximum absolute atomic E-state index is 14.7. The average Bonchev–Trinajstić information content (AvgIpc) is 0.906. The Morgan fingerprint density at radius 3 is 0.908 bits per heavy atom. The van der Waals surface area contributed by atoms with Crippen LogP contribution in [0, 0.1) is 17.8 Å². The van der Waals surface area contributed by atoms with Crippen LogP contribution in [-0.2, 0) is 117 Å². The third-order valence-corrected chi connectivity index (χ3v) is 17.3. The van der Waals surface area contributed by atoms with Crippen molar-refractivity contribution in [2.45, 2.75) is 249 Å². The first-order valence-corrected chi connectivity index (χ1v) is 37.7. The van der Waals surface area contributed by atoms with Crippen LogP contribution in [0.15, 0.2) is 30.3 Å². The predicted molar refractivity (Wildman–Crippen MR) is 411 cm³/mol. The molecule has 668 valence electrons. The minimum atomic E-state index is -2.18. The van der Waals surface area contributed by atoms with Crippen molar-refractivity contribution in [2.24, 2.45) is 40.7 Å². The van der Waals surface area contributed by atoms with Crippen molar-refractivity contribution in [1.82, 2.24) is 74.4 Å². The predicted octanol–water partition coefficient (Wildman–Crippen LogP) is -8.84. The van der Waals surface area contributed by atoms with Gasteiger partial charge in [-0.25, -0.2) is 4.79 Å². The minimum Gasteiger partial charge on any atom is -0.481 e. The second-order valence-electron chi connectivity index (χ2n) is 29.1. The van der Waals surface area contributed by atoms with Gasteiger partial charge in [-0.2, -0.15) is 0 Å². The maximum Gasteiger partial charge on any atom is 0.326 e. The molecule has 0 unspecified atom stereocenters. The lowest BCUT2D eigenvalue weighted by molar-refractivity contribution is -0.144. The van der Waals surface area contributed by atoms with Crippen molar-refractivity contribution < 1.29 is 146 Å². The Kier molecular flexibility index (Phi) is 46.0. The van der Waals surface area contributed by atoms with E-state index in [1.165, 1.54) is 32.9 Å². The van der Waals surface area contributed by atoms with Gasteiger partial charge in [-0.05, 0) is 82.1 Å². The van der Waals surface area contributed by atoms with Crippen LogP contribution < -0.4 is 97.4 Å². The molecule has 1 aromatic carbocycles. The second kappa shape index (κ2) is 52.6. The Bertz CT molecular complexity index is 3860. The van der Waals surface area contributed by atoms with Crippen molar-refractivity contribution in [3.05, 3.63) is 35.9 Å². The fourth-order valence-corrected chi connectivity index (χ4v) is 11.0. The van der Waals surface area contributed by atoms with Crippen molar-refractivity contribution in [3.63, 3.8) is 0 Å². The smallest absolute Gasteiger partial charge is 0.326 e. The number of carboxylic acids is 6. The molecule has 48 nitrogen and oxygen atoms in total. The lowest BCUT2D eigenvalue weighted by atomic mass is 9.99. The highest BCUT2D eigenvalue weighted by molar-refractivity contribution is 6.02. The van der Waals surface area contributed by atoms with Crippen molar-refractivity contribution in [1.29, 1.82) is 0 Å². The molecule has 1 rings (SSSR count). The first kappa shape index (κ1) is 105. The molecule has 0 heterocycles. The Labute approximate surface area is 686 Å². The number of aliphatic carboxylic acids is 6. The second-order valence-corrected chi connectivity index (χ2v) is 29.1. The molecule has 0 aliphatic rings. The number of carbonyl (C=O) groups excluding carboxylic acids is 17. The molecule has 120 heavy (non-hydrogen) atoms. The number of aliphatic hydroxyl groups is 1. The van der Waals surface area contributed by atoms with Crippen LogP contribution in [0.25, 0.3) is 0 Å². The van der Waals surface area contributed by atoms with Gasteiger partial charge in [0, 0.05) is 38.5 Å². The Balaban J connectivity index is 3.72. The molecular formula is C72H110N18O30. The molecule has 17 amide bonds. The molecule has 0 aromatic heterocycles. The highest BCUT2D eigenvalue weighted by Crippen LogP contribution is 2.15. The zero-order chi connectivity index (χ0) is 91.7. The van der Waals surface area contributed by atoms with E-state index in [0.29, 0.717) is 5.56 Å². The van der Waals surface area contributed by atoms with Crippen LogP contribution in [0.1, 0.15) is 157 Å². The Morgan fingerprint density at radius 2 is 0.592 bits per heavy atom. The summed E-state index contributed by atoms with van der Waals surface area (Å²) in [6.07, 6.45) is -11.7. The van der Waals surface area contributed by atoms with Crippen LogP contribution in [0.3, 0.4) is 0 Å². The Hall–Kier alpha value is -13.0. The van der Waals surface area contributed by atoms with Crippen molar-refractivity contribution >= 4 is 136 Å². The fourth-order valence-electron chi connectivity index (χ4n) is 11.0. The molecule has 0 radical (unpaired) electrons. The average molecular weight is 1710 g/mol. The van der Waals surface area contributed by atoms with E-state index in [2.05, 4.69) is 63.8 Å². The number of primary amides is 3. The van der Waals surface area contributed by atoms with Gasteiger partial charge in [0.1, 0.15) is 84.6 Å². The molecule has 29 N–H and O–H groups in total. The standard InChI is InChI=1S/C72H110N18O30/c1-31(2)24-42(65(112)79-37(14-19-49(74)92)60(107)86-45(28-55(101)102)67(114)80-38(15-20-50(75)93)64(111)88-47(72(119)120)27-51(76)94)84-66(113)44(26-36-12-10-9-11-13-36)85-61(108)39(16-21-52(95)96)78-59(106)35(8)77-71(118)57(33(5)6)90-69(116)43(25-32(3)4)83-62(109)40(17-22-53(97)98)81-68(115)46(29-56(103)104)87-63(110)41(18-23-54(99)100)82-70(117)48(30-91)89-58(105)34(7)73/h9-13,31-35,37-48,57,91H,14-30,73H2,1-8H3,(H2,74,92)(H2,75,93)(H2,76,94)(H,77,118)(H,78,106)(H,79,112)(H,80,114)(H,81,115)(H,82,117)(H,83,109)(H,84,113)(H,85,108)(H,86,107)(H,87,110)(H,88,111)(H,89,105)(H,90,116)(H,95,96)(H,97,98)(H,99,100)(H,101,102)(H,103,104)(H,119,120)/t34-,35-,37-,38-,39-,40-,41-,42-,43-,44-,45-,46-,47-,48-,57-/m0/s1. The molecule has 0 saturated carbocycles. The van der Waals surface area contributed by atoms with E-state index >= 15 is 0 Å². The van der Waals surface area contributed by atoms with E-state index < -0.39 is 341 Å². The number of nitrogens with two attached hydrogens (primary N) is 4. The largest absolute Gasteiger partial charge is 0.481 e. The van der Waals surface area contributed by atoms with Gasteiger partial charge in [0.15, 0.2) is 0 Å². The van der Waals surface area contributed by atoms with Crippen LogP contribution >= 0.6 is 0 Å². The first-order valence-electron chi connectivity index (χ1n) is 37.7. The van der Waals surface area contributed by atoms with E-state index in [0.717, 1.165) is 6.92 Å². The quantitative estimate of drug-likeness (QED) is 0.0288. The van der Waals surface area contributed by atoms with Gasteiger partial charge in [-0.3, -0.25) is 105 Å². The highest BCUT2D eigenvalue weighted by atomic mass is 16.4. The van der Waals surface area contributed by atoms with Gasteiger partial charge < -0.3 is 133 Å². The number of hydrogen-bond donors (Lipinski definition) is 25. The summed E-state index contributed by atoms with van der Waals surface area (Å²) in [5.74, 6) is -32.2. The monoisotopic (exact) mass is 1710 g/mol. The molecule has 15 atom stereocenters. The molecule has 1 aromatic rings. The van der Waals surface area contributed by atoms with Gasteiger partial charge in [0.05, 0.1) is 31.9 Å². The summed E-state index contributed by atoms with van der Waals surface area (Å²) in [5, 5.41) is 99.1. The first-order chi connectivity index (χ1) is 55.8. The SMILES string of the molecule is CC(C)C[C@H](NC(=O)[C@H](Cc1ccccc1)NC(=O)[C@H](CCC(=O)O)NC(=O)[C@H](C)NC(=O)[C@@H](NC(=O)[C@H](CC(C)C)NC(=O)[C@H](CCC(=O)O)NC(=O)[C@H](CC(=O)O)NC(=O)[C@H](CCC(=O)O)NC(=O)[C@H](CO)NC(=O)[C@H](C)N)C(C)C)C(=O)N[C@@H](CCC(N)=O)C(=O)N[C@@H](CC(=O)O)C(=O)N[C@@H](CCC(N)=O)C(=O)N[C@@H](CC(N)=O)C(=O)O. The molecule has 48 heteroatoms. The normalized spacial score (nSPS) is 14.8. The summed E-state index contributed by atoms with van der Waals surface area (Å²) in [4.78, 5) is 302. The van der Waals surface area contributed by atoms with E-state index in [4.69, 9.17) is 22.9 Å². The lowest BCUT2D eigenvalue weighted by Gasteiger charge is -2.29. The number of amides is 17. The highest BCUT2D eigenvalue weighted by Gasteiger charge is 2.40. The molecule has 0 saturated heterocycles. The summed E-state index contributed by atoms with van der Waals surface area (Å²) in [6.45, 7) is 10.5. The lowest BCUT2D eigenvalue weighted by Crippen LogP contribution is -2.61. The third kappa shape index (κ3) is 41.2. The van der Waals surface area contributed by atoms with Crippen molar-refractivity contribution in [2.75, 3.05) is 6.61 Å². The molecule has 0 bridgehead atoms. The molecule has 0 fully saturated rings. The van der Waals surface area contributed by atoms with Crippen LogP contribution in [0.2, 0.25) is 0 Å². The summed E-state index contributed by atoms with van der Waals surface area (Å²) in [6, 6.07) is -19.4. The number of carboxylic acid groups (broad SMARTS) is 6. The van der Waals surface area contributed by atoms with Gasteiger partial charge in [-0.1, -0.05) is 71.9 Å². The molecular weight excluding hydrogens is 1600 g/mol. The number of nitrogens with one attached hydrogen (secondary N) is 14. The van der Waals surface area contributed by atoms with Gasteiger partial charge in [-0.15, -0.1) is 0 Å². The fraction of sp³-hybridized carbons (Fsp3) is 0.597. The third-order valence-electron chi connectivity index (χ3n) is 17.3. The zero-order valence-corrected chi connectivity index (χ0v) is 67.1. The molecule has 0 aliphatic carbocycles. The van der Waals surface area contributed by atoms with Gasteiger partial charge in [0.2, 0.25) is 100 Å². The maximum atomic E-state index is 14.7. The Morgan fingerprint density at radius 1 is 0.300 bits per heavy atom. The summed E-state index contributed by atoms with van der Waals surface area (Å²) < 4.78 is 0. The van der Waals surface area contributed by atoms with E-state index in [9.17, 15) is 146 Å². The minimum absolute atomic E-state index is 0.244. The summed E-state index contributed by atoms with van der Waals surface area (Å²) in [5.41, 5.74) is 21.6. The van der Waals surface area contributed by atoms with E-state index in [1.54, 1.807) is 45.9 Å². The number of benzene rings is 1. The van der Waals surface area contributed by atoms with E-state index in [-0.39, 0.29) is 12.8 Å².